The van der Waals surface area contributed by atoms with Gasteiger partial charge in [-0.25, -0.2) is 0 Å². The average molecular weight is 401 g/mol. The largest absolute Gasteiger partial charge is 0.360 e. The molecule has 1 aliphatic heterocycles. The summed E-state index contributed by atoms with van der Waals surface area (Å²) >= 11 is 12.0. The molecular formula is C20H23ClN5S+. The zero-order valence-electron chi connectivity index (χ0n) is 15.3. The van der Waals surface area contributed by atoms with Crippen molar-refractivity contribution in [1.29, 1.82) is 0 Å². The Kier molecular flexibility index (Phi) is 5.29. The van der Waals surface area contributed by atoms with Crippen LogP contribution in [-0.4, -0.2) is 40.5 Å². The van der Waals surface area contributed by atoms with Crippen molar-refractivity contribution in [2.24, 2.45) is 7.05 Å². The van der Waals surface area contributed by atoms with Crippen LogP contribution in [0.3, 0.4) is 0 Å². The highest BCUT2D eigenvalue weighted by Crippen LogP contribution is 2.25. The number of halogens is 1. The van der Waals surface area contributed by atoms with Crippen LogP contribution in [0.5, 0.6) is 0 Å². The van der Waals surface area contributed by atoms with Gasteiger partial charge in [0.1, 0.15) is 0 Å². The third kappa shape index (κ3) is 3.78. The van der Waals surface area contributed by atoms with Crippen LogP contribution in [0.1, 0.15) is 0 Å². The topological polar surface area (TPSA) is 30.4 Å². The van der Waals surface area contributed by atoms with Gasteiger partial charge in [0, 0.05) is 18.3 Å². The molecule has 0 spiro atoms. The van der Waals surface area contributed by atoms with Gasteiger partial charge in [0.25, 0.3) is 0 Å². The number of para-hydroxylation sites is 1. The maximum absolute atomic E-state index is 6.35. The van der Waals surface area contributed by atoms with Crippen molar-refractivity contribution in [3.05, 3.63) is 64.4 Å². The fraction of sp³-hybridized carbons (Fsp3) is 0.300. The molecule has 0 saturated carbocycles. The van der Waals surface area contributed by atoms with Crippen LogP contribution in [0.25, 0.3) is 11.4 Å². The molecule has 0 atom stereocenters. The molecule has 1 saturated heterocycles. The normalized spacial score (nSPS) is 15.3. The minimum atomic E-state index is 0.691. The Labute approximate surface area is 169 Å². The van der Waals surface area contributed by atoms with Crippen molar-refractivity contribution in [3.63, 3.8) is 0 Å². The Morgan fingerprint density at radius 2 is 1.70 bits per heavy atom. The third-order valence-corrected chi connectivity index (χ3v) is 5.94. The molecule has 0 radical (unpaired) electrons. The van der Waals surface area contributed by atoms with Gasteiger partial charge in [-0.3, -0.25) is 0 Å². The number of quaternary nitrogens is 1. The first kappa shape index (κ1) is 18.2. The van der Waals surface area contributed by atoms with Crippen LogP contribution in [0.4, 0.5) is 5.69 Å². The van der Waals surface area contributed by atoms with Crippen molar-refractivity contribution < 1.29 is 4.90 Å². The van der Waals surface area contributed by atoms with Gasteiger partial charge < -0.3 is 14.4 Å². The second kappa shape index (κ2) is 7.84. The van der Waals surface area contributed by atoms with E-state index in [1.165, 1.54) is 10.6 Å². The number of anilines is 1. The summed E-state index contributed by atoms with van der Waals surface area (Å²) in [5, 5.41) is 5.46. The predicted molar refractivity (Wildman–Crippen MR) is 112 cm³/mol. The first-order valence-corrected chi connectivity index (χ1v) is 9.94. The molecule has 140 valence electrons. The number of benzene rings is 2. The lowest BCUT2D eigenvalue weighted by Gasteiger charge is -2.33. The van der Waals surface area contributed by atoms with Crippen LogP contribution in [0.15, 0.2) is 54.6 Å². The quantitative estimate of drug-likeness (QED) is 0.683. The van der Waals surface area contributed by atoms with Crippen LogP contribution >= 0.6 is 23.8 Å². The lowest BCUT2D eigenvalue weighted by molar-refractivity contribution is -0.924. The van der Waals surface area contributed by atoms with Crippen LogP contribution in [0.2, 0.25) is 5.02 Å². The van der Waals surface area contributed by atoms with E-state index in [2.05, 4.69) is 35.2 Å². The summed E-state index contributed by atoms with van der Waals surface area (Å²) in [7, 11) is 1.95. The number of nitrogens with one attached hydrogen (secondary N) is 1. The van der Waals surface area contributed by atoms with Gasteiger partial charge in [0.2, 0.25) is 4.77 Å². The number of rotatable bonds is 4. The van der Waals surface area contributed by atoms with Crippen molar-refractivity contribution in [3.8, 4) is 11.4 Å². The van der Waals surface area contributed by atoms with Crippen LogP contribution in [0, 0.1) is 4.77 Å². The first-order valence-electron chi connectivity index (χ1n) is 9.16. The van der Waals surface area contributed by atoms with Gasteiger partial charge in [-0.1, -0.05) is 41.9 Å². The maximum Gasteiger partial charge on any atom is 0.202 e. The van der Waals surface area contributed by atoms with Gasteiger partial charge in [0.05, 0.1) is 31.2 Å². The molecular weight excluding hydrogens is 378 g/mol. The molecule has 0 unspecified atom stereocenters. The molecule has 5 nitrogen and oxygen atoms in total. The lowest BCUT2D eigenvalue weighted by Crippen LogP contribution is -3.14. The van der Waals surface area contributed by atoms with E-state index in [0.717, 1.165) is 49.0 Å². The van der Waals surface area contributed by atoms with E-state index in [0.29, 0.717) is 5.02 Å². The Morgan fingerprint density at radius 3 is 2.41 bits per heavy atom. The molecule has 3 aromatic rings. The van der Waals surface area contributed by atoms with Gasteiger partial charge in [0.15, 0.2) is 12.5 Å². The minimum Gasteiger partial charge on any atom is -0.360 e. The smallest absolute Gasteiger partial charge is 0.202 e. The Bertz CT molecular complexity index is 974. The molecule has 0 aliphatic carbocycles. The summed E-state index contributed by atoms with van der Waals surface area (Å²) in [6, 6.07) is 18.4. The monoisotopic (exact) mass is 400 g/mol. The number of piperazine rings is 1. The van der Waals surface area contributed by atoms with E-state index in [1.807, 2.05) is 40.6 Å². The van der Waals surface area contributed by atoms with Crippen molar-refractivity contribution in [1.82, 2.24) is 14.3 Å². The first-order chi connectivity index (χ1) is 13.1. The summed E-state index contributed by atoms with van der Waals surface area (Å²) in [6.45, 7) is 4.98. The van der Waals surface area contributed by atoms with Crippen molar-refractivity contribution in [2.75, 3.05) is 31.1 Å². The standard InChI is InChI=1S/C20H22ClN5S/c1-23-19(17-9-5-6-10-18(17)21)22-26(20(23)27)15-24-11-13-25(14-12-24)16-7-3-2-4-8-16/h2-10H,11-15H2,1H3/p+1. The van der Waals surface area contributed by atoms with Gasteiger partial charge >= 0.3 is 0 Å². The van der Waals surface area contributed by atoms with Gasteiger partial charge in [-0.2, -0.15) is 4.68 Å². The summed E-state index contributed by atoms with van der Waals surface area (Å²) in [6.07, 6.45) is 0. The Balaban J connectivity index is 1.47. The van der Waals surface area contributed by atoms with E-state index in [9.17, 15) is 0 Å². The molecule has 2 heterocycles. The fourth-order valence-electron chi connectivity index (χ4n) is 3.56. The second-order valence-electron chi connectivity index (χ2n) is 6.88. The molecule has 2 aromatic carbocycles. The lowest BCUT2D eigenvalue weighted by atomic mass is 10.2. The van der Waals surface area contributed by atoms with Gasteiger partial charge in [-0.05, 0) is 36.5 Å². The predicted octanol–water partition coefficient (Wildman–Crippen LogP) is 2.63. The van der Waals surface area contributed by atoms with Crippen molar-refractivity contribution in [2.45, 2.75) is 6.67 Å². The van der Waals surface area contributed by atoms with E-state index in [1.54, 1.807) is 0 Å². The number of hydrogen-bond acceptors (Lipinski definition) is 3. The molecule has 1 aliphatic rings. The zero-order valence-corrected chi connectivity index (χ0v) is 16.9. The van der Waals surface area contributed by atoms with Crippen molar-refractivity contribution >= 4 is 29.5 Å². The van der Waals surface area contributed by atoms with Crippen LogP contribution in [-0.2, 0) is 13.7 Å². The molecule has 7 heteroatoms. The number of nitrogens with zero attached hydrogens (tertiary/aromatic N) is 4. The average Bonchev–Trinajstić information content (AvgIpc) is 2.98. The van der Waals surface area contributed by atoms with E-state index >= 15 is 0 Å². The molecule has 1 aromatic heterocycles. The summed E-state index contributed by atoms with van der Waals surface area (Å²) in [5.74, 6) is 0.813. The highest BCUT2D eigenvalue weighted by Gasteiger charge is 2.22. The third-order valence-electron chi connectivity index (χ3n) is 5.12. The molecule has 0 bridgehead atoms. The Hall–Kier alpha value is -2.15. The SMILES string of the molecule is Cn1c(-c2ccccc2Cl)nn(C[NH+]2CCN(c3ccccc3)CC2)c1=S. The number of aromatic nitrogens is 3. The fourth-order valence-corrected chi connectivity index (χ4v) is 3.97. The van der Waals surface area contributed by atoms with E-state index in [-0.39, 0.29) is 0 Å². The summed E-state index contributed by atoms with van der Waals surface area (Å²) in [5.41, 5.74) is 2.21. The molecule has 1 fully saturated rings. The van der Waals surface area contributed by atoms with Crippen LogP contribution < -0.4 is 9.80 Å². The number of hydrogen-bond donors (Lipinski definition) is 1. The molecule has 0 amide bonds. The molecule has 1 N–H and O–H groups in total. The maximum atomic E-state index is 6.35. The second-order valence-corrected chi connectivity index (χ2v) is 7.65. The molecule has 27 heavy (non-hydrogen) atoms. The summed E-state index contributed by atoms with van der Waals surface area (Å²) < 4.78 is 4.60. The van der Waals surface area contributed by atoms with Gasteiger partial charge in [-0.15, -0.1) is 5.10 Å². The highest BCUT2D eigenvalue weighted by molar-refractivity contribution is 7.71. The van der Waals surface area contributed by atoms with E-state index in [4.69, 9.17) is 28.9 Å². The minimum absolute atomic E-state index is 0.691. The van der Waals surface area contributed by atoms with E-state index < -0.39 is 0 Å². The zero-order chi connectivity index (χ0) is 18.8. The highest BCUT2D eigenvalue weighted by atomic mass is 35.5. The molecule has 4 rings (SSSR count). The Morgan fingerprint density at radius 1 is 1.04 bits per heavy atom. The summed E-state index contributed by atoms with van der Waals surface area (Å²) in [4.78, 5) is 3.93.